The summed E-state index contributed by atoms with van der Waals surface area (Å²) < 4.78 is 5.52. The average molecular weight is 239 g/mol. The van der Waals surface area contributed by atoms with Gasteiger partial charge < -0.3 is 10.1 Å². The number of ether oxygens (including phenoxy) is 1. The van der Waals surface area contributed by atoms with Crippen LogP contribution in [-0.4, -0.2) is 33.6 Å². The molecular formula is C11H17N3OS. The van der Waals surface area contributed by atoms with Gasteiger partial charge in [-0.2, -0.15) is 11.8 Å². The molecule has 0 radical (unpaired) electrons. The average Bonchev–Trinajstić information content (AvgIpc) is 2.70. The topological polar surface area (TPSA) is 47.0 Å². The molecule has 0 aliphatic carbocycles. The van der Waals surface area contributed by atoms with E-state index >= 15 is 0 Å². The molecule has 1 unspecified atom stereocenters. The monoisotopic (exact) mass is 239 g/mol. The van der Waals surface area contributed by atoms with Gasteiger partial charge in [-0.3, -0.25) is 0 Å². The first-order valence-corrected chi connectivity index (χ1v) is 6.72. The van der Waals surface area contributed by atoms with Gasteiger partial charge in [0.2, 0.25) is 5.88 Å². The molecule has 0 saturated carbocycles. The molecule has 16 heavy (non-hydrogen) atoms. The van der Waals surface area contributed by atoms with Crippen molar-refractivity contribution in [2.75, 3.05) is 16.8 Å². The van der Waals surface area contributed by atoms with Gasteiger partial charge in [-0.15, -0.1) is 0 Å². The molecule has 0 aromatic carbocycles. The zero-order valence-electron chi connectivity index (χ0n) is 9.64. The van der Waals surface area contributed by atoms with E-state index in [2.05, 4.69) is 15.3 Å². The third-order valence-corrected chi connectivity index (χ3v) is 3.44. The molecule has 1 aromatic heterocycles. The van der Waals surface area contributed by atoms with Crippen molar-refractivity contribution < 1.29 is 4.74 Å². The minimum Gasteiger partial charge on any atom is -0.475 e. The lowest BCUT2D eigenvalue weighted by atomic mass is 10.2. The largest absolute Gasteiger partial charge is 0.475 e. The number of hydrogen-bond acceptors (Lipinski definition) is 5. The first-order chi connectivity index (χ1) is 7.74. The first kappa shape index (κ1) is 11.5. The Bertz CT molecular complexity index is 340. The van der Waals surface area contributed by atoms with Crippen LogP contribution in [0.4, 0.5) is 5.82 Å². The summed E-state index contributed by atoms with van der Waals surface area (Å²) in [7, 11) is 0. The molecule has 2 heterocycles. The Hall–Kier alpha value is -0.970. The second-order valence-corrected chi connectivity index (χ2v) is 5.26. The van der Waals surface area contributed by atoms with Gasteiger partial charge in [0.15, 0.2) is 0 Å². The Morgan fingerprint density at radius 1 is 1.50 bits per heavy atom. The third-order valence-electron chi connectivity index (χ3n) is 2.28. The van der Waals surface area contributed by atoms with Gasteiger partial charge in [-0.25, -0.2) is 9.97 Å². The van der Waals surface area contributed by atoms with Crippen LogP contribution in [-0.2, 0) is 0 Å². The van der Waals surface area contributed by atoms with Crippen molar-refractivity contribution in [2.24, 2.45) is 0 Å². The highest BCUT2D eigenvalue weighted by Crippen LogP contribution is 2.21. The molecule has 0 bridgehead atoms. The van der Waals surface area contributed by atoms with Crippen molar-refractivity contribution in [1.29, 1.82) is 0 Å². The van der Waals surface area contributed by atoms with E-state index < -0.39 is 0 Å². The van der Waals surface area contributed by atoms with E-state index in [1.807, 2.05) is 31.7 Å². The summed E-state index contributed by atoms with van der Waals surface area (Å²) in [4.78, 5) is 8.27. The normalized spacial score (nSPS) is 20.1. The molecule has 1 aliphatic heterocycles. The maximum absolute atomic E-state index is 5.52. The third kappa shape index (κ3) is 3.27. The molecule has 1 fully saturated rings. The number of anilines is 1. The fourth-order valence-corrected chi connectivity index (χ4v) is 2.73. The summed E-state index contributed by atoms with van der Waals surface area (Å²) in [5.41, 5.74) is 0. The second kappa shape index (κ2) is 5.39. The zero-order valence-corrected chi connectivity index (χ0v) is 10.5. The van der Waals surface area contributed by atoms with E-state index in [-0.39, 0.29) is 6.10 Å². The van der Waals surface area contributed by atoms with Crippen LogP contribution in [0.2, 0.25) is 0 Å². The van der Waals surface area contributed by atoms with Crippen molar-refractivity contribution in [1.82, 2.24) is 9.97 Å². The van der Waals surface area contributed by atoms with Crippen molar-refractivity contribution in [2.45, 2.75) is 32.4 Å². The minimum absolute atomic E-state index is 0.143. The van der Waals surface area contributed by atoms with Crippen LogP contribution >= 0.6 is 11.8 Å². The summed E-state index contributed by atoms with van der Waals surface area (Å²) in [6.07, 6.45) is 2.89. The van der Waals surface area contributed by atoms with Crippen LogP contribution in [0.15, 0.2) is 12.4 Å². The highest BCUT2D eigenvalue weighted by molar-refractivity contribution is 7.99. The summed E-state index contributed by atoms with van der Waals surface area (Å²) in [6.45, 7) is 3.98. The van der Waals surface area contributed by atoms with Crippen molar-refractivity contribution in [3.63, 3.8) is 0 Å². The van der Waals surface area contributed by atoms with Crippen molar-refractivity contribution >= 4 is 17.6 Å². The molecule has 1 aliphatic rings. The molecule has 0 amide bonds. The quantitative estimate of drug-likeness (QED) is 0.872. The highest BCUT2D eigenvalue weighted by Gasteiger charge is 2.15. The highest BCUT2D eigenvalue weighted by atomic mass is 32.2. The number of nitrogens with zero attached hydrogens (tertiary/aromatic N) is 2. The summed E-state index contributed by atoms with van der Waals surface area (Å²) in [5.74, 6) is 3.89. The predicted octanol–water partition coefficient (Wildman–Crippen LogP) is 2.18. The predicted molar refractivity (Wildman–Crippen MR) is 67.1 cm³/mol. The standard InChI is InChI=1S/C11H17N3OS/c1-8(2)15-11-5-10(12-7-13-11)14-9-3-4-16-6-9/h5,7-9H,3-4,6H2,1-2H3,(H,12,13,14). The van der Waals surface area contributed by atoms with Crippen molar-refractivity contribution in [3.8, 4) is 5.88 Å². The maximum Gasteiger partial charge on any atom is 0.218 e. The second-order valence-electron chi connectivity index (χ2n) is 4.11. The van der Waals surface area contributed by atoms with Crippen LogP contribution in [0, 0.1) is 0 Å². The maximum atomic E-state index is 5.52. The number of aromatic nitrogens is 2. The number of thioether (sulfide) groups is 1. The van der Waals surface area contributed by atoms with Gasteiger partial charge in [0, 0.05) is 17.9 Å². The molecule has 5 heteroatoms. The van der Waals surface area contributed by atoms with Gasteiger partial charge >= 0.3 is 0 Å². The molecule has 1 saturated heterocycles. The molecule has 4 nitrogen and oxygen atoms in total. The zero-order chi connectivity index (χ0) is 11.4. The van der Waals surface area contributed by atoms with E-state index in [0.29, 0.717) is 11.9 Å². The van der Waals surface area contributed by atoms with Crippen LogP contribution in [0.25, 0.3) is 0 Å². The smallest absolute Gasteiger partial charge is 0.218 e. The molecule has 0 spiro atoms. The van der Waals surface area contributed by atoms with Gasteiger partial charge in [-0.05, 0) is 26.0 Å². The van der Waals surface area contributed by atoms with Crippen LogP contribution < -0.4 is 10.1 Å². The summed E-state index contributed by atoms with van der Waals surface area (Å²) in [5, 5.41) is 3.40. The lowest BCUT2D eigenvalue weighted by Gasteiger charge is -2.13. The summed E-state index contributed by atoms with van der Waals surface area (Å²) in [6, 6.07) is 2.40. The fraction of sp³-hybridized carbons (Fsp3) is 0.636. The van der Waals surface area contributed by atoms with E-state index in [4.69, 9.17) is 4.74 Å². The Labute approximate surface area is 100 Å². The van der Waals surface area contributed by atoms with Crippen LogP contribution in [0.3, 0.4) is 0 Å². The van der Waals surface area contributed by atoms with Gasteiger partial charge in [0.25, 0.3) is 0 Å². The van der Waals surface area contributed by atoms with Gasteiger partial charge in [-0.1, -0.05) is 0 Å². The minimum atomic E-state index is 0.143. The van der Waals surface area contributed by atoms with Gasteiger partial charge in [0.1, 0.15) is 12.1 Å². The van der Waals surface area contributed by atoms with Gasteiger partial charge in [0.05, 0.1) is 6.10 Å². The Balaban J connectivity index is 1.97. The Morgan fingerprint density at radius 3 is 3.06 bits per heavy atom. The van der Waals surface area contributed by atoms with Crippen LogP contribution in [0.5, 0.6) is 5.88 Å². The lowest BCUT2D eigenvalue weighted by molar-refractivity contribution is 0.232. The first-order valence-electron chi connectivity index (χ1n) is 5.57. The molecule has 1 aromatic rings. The Kier molecular flexibility index (Phi) is 3.88. The Morgan fingerprint density at radius 2 is 2.38 bits per heavy atom. The number of hydrogen-bond donors (Lipinski definition) is 1. The van der Waals surface area contributed by atoms with E-state index in [9.17, 15) is 0 Å². The molecular weight excluding hydrogens is 222 g/mol. The van der Waals surface area contributed by atoms with E-state index in [1.165, 1.54) is 12.2 Å². The lowest BCUT2D eigenvalue weighted by Crippen LogP contribution is -2.19. The number of nitrogens with one attached hydrogen (secondary N) is 1. The SMILES string of the molecule is CC(C)Oc1cc(NC2CCSC2)ncn1. The van der Waals surface area contributed by atoms with E-state index in [1.54, 1.807) is 6.33 Å². The molecule has 2 rings (SSSR count). The van der Waals surface area contributed by atoms with Crippen molar-refractivity contribution in [3.05, 3.63) is 12.4 Å². The number of rotatable bonds is 4. The molecule has 1 atom stereocenters. The van der Waals surface area contributed by atoms with Crippen LogP contribution in [0.1, 0.15) is 20.3 Å². The fourth-order valence-electron chi connectivity index (χ4n) is 1.58. The summed E-state index contributed by atoms with van der Waals surface area (Å²) >= 11 is 1.98. The molecule has 1 N–H and O–H groups in total. The van der Waals surface area contributed by atoms with E-state index in [0.717, 1.165) is 11.6 Å². The molecule has 88 valence electrons.